The Balaban J connectivity index is 2.05. The Hall–Kier alpha value is -1.39. The average molecular weight is 340 g/mol. The molecule has 0 aliphatic rings. The van der Waals surface area contributed by atoms with Crippen molar-refractivity contribution in [2.75, 3.05) is 0 Å². The van der Waals surface area contributed by atoms with Gasteiger partial charge in [-0.1, -0.05) is 17.7 Å². The highest BCUT2D eigenvalue weighted by molar-refractivity contribution is 9.10. The highest BCUT2D eigenvalue weighted by Crippen LogP contribution is 2.23. The van der Waals surface area contributed by atoms with Gasteiger partial charge in [-0.2, -0.15) is 0 Å². The predicted octanol–water partition coefficient (Wildman–Crippen LogP) is 3.74. The van der Waals surface area contributed by atoms with Gasteiger partial charge in [0.15, 0.2) is 0 Å². The molecule has 19 heavy (non-hydrogen) atoms. The number of hydrogen-bond acceptors (Lipinski definition) is 2. The van der Waals surface area contributed by atoms with Crippen LogP contribution >= 0.6 is 27.5 Å². The summed E-state index contributed by atoms with van der Waals surface area (Å²) in [6.45, 7) is 2.37. The first-order valence-electron chi connectivity index (χ1n) is 5.71. The molecule has 0 unspecified atom stereocenters. The summed E-state index contributed by atoms with van der Waals surface area (Å²) in [6, 6.07) is 8.91. The lowest BCUT2D eigenvalue weighted by molar-refractivity contribution is 0.0950. The highest BCUT2D eigenvalue weighted by Gasteiger charge is 2.08. The van der Waals surface area contributed by atoms with E-state index in [0.29, 0.717) is 21.6 Å². The van der Waals surface area contributed by atoms with Crippen molar-refractivity contribution in [2.45, 2.75) is 13.5 Å². The number of nitrogens with zero attached hydrogens (tertiary/aromatic N) is 1. The van der Waals surface area contributed by atoms with Crippen LogP contribution in [-0.2, 0) is 6.54 Å². The van der Waals surface area contributed by atoms with E-state index in [2.05, 4.69) is 26.2 Å². The summed E-state index contributed by atoms with van der Waals surface area (Å²) >= 11 is 9.19. The fourth-order valence-electron chi connectivity index (χ4n) is 1.61. The second kappa shape index (κ2) is 6.17. The summed E-state index contributed by atoms with van der Waals surface area (Å²) in [6.07, 6.45) is 1.72. The van der Waals surface area contributed by atoms with E-state index in [-0.39, 0.29) is 5.91 Å². The number of amides is 1. The number of hydrogen-bond donors (Lipinski definition) is 1. The quantitative estimate of drug-likeness (QED) is 0.925. The molecule has 1 aromatic heterocycles. The molecule has 1 aromatic carbocycles. The first-order valence-corrected chi connectivity index (χ1v) is 6.89. The Morgan fingerprint density at radius 3 is 2.89 bits per heavy atom. The van der Waals surface area contributed by atoms with Crippen molar-refractivity contribution >= 4 is 33.4 Å². The van der Waals surface area contributed by atoms with Crippen LogP contribution in [0.2, 0.25) is 5.02 Å². The third kappa shape index (κ3) is 3.55. The smallest absolute Gasteiger partial charge is 0.251 e. The van der Waals surface area contributed by atoms with Gasteiger partial charge in [0, 0.05) is 16.2 Å². The van der Waals surface area contributed by atoms with Crippen LogP contribution < -0.4 is 5.32 Å². The topological polar surface area (TPSA) is 42.0 Å². The summed E-state index contributed by atoms with van der Waals surface area (Å²) < 4.78 is 0.704. The number of pyridine rings is 1. The maximum Gasteiger partial charge on any atom is 0.251 e. The molecule has 0 spiro atoms. The van der Waals surface area contributed by atoms with E-state index in [4.69, 9.17) is 11.6 Å². The van der Waals surface area contributed by atoms with Crippen LogP contribution in [0.15, 0.2) is 41.0 Å². The lowest BCUT2D eigenvalue weighted by Crippen LogP contribution is -2.23. The minimum absolute atomic E-state index is 0.151. The van der Waals surface area contributed by atoms with Gasteiger partial charge in [-0.05, 0) is 52.7 Å². The molecule has 3 nitrogen and oxygen atoms in total. The van der Waals surface area contributed by atoms with E-state index in [0.717, 1.165) is 11.3 Å². The Kier molecular flexibility index (Phi) is 4.56. The third-order valence-electron chi connectivity index (χ3n) is 2.72. The SMILES string of the molecule is Cc1cccnc1CNC(=O)c1ccc(Cl)c(Br)c1. The molecular formula is C14H12BrClN2O. The molecule has 0 saturated carbocycles. The molecule has 0 saturated heterocycles. The number of carbonyl (C=O) groups is 1. The average Bonchev–Trinajstić information content (AvgIpc) is 2.40. The van der Waals surface area contributed by atoms with E-state index in [9.17, 15) is 4.79 Å². The second-order valence-corrected chi connectivity index (χ2v) is 5.34. The molecule has 0 fully saturated rings. The normalized spacial score (nSPS) is 10.3. The van der Waals surface area contributed by atoms with Crippen molar-refractivity contribution < 1.29 is 4.79 Å². The zero-order chi connectivity index (χ0) is 13.8. The Morgan fingerprint density at radius 2 is 2.21 bits per heavy atom. The van der Waals surface area contributed by atoms with E-state index in [1.165, 1.54) is 0 Å². The Bertz CT molecular complexity index is 616. The first kappa shape index (κ1) is 14.0. The number of nitrogens with one attached hydrogen (secondary N) is 1. The molecule has 0 radical (unpaired) electrons. The molecule has 2 rings (SSSR count). The van der Waals surface area contributed by atoms with Gasteiger partial charge in [-0.25, -0.2) is 0 Å². The first-order chi connectivity index (χ1) is 9.08. The van der Waals surface area contributed by atoms with Crippen molar-refractivity contribution in [3.8, 4) is 0 Å². The number of carbonyl (C=O) groups excluding carboxylic acids is 1. The minimum atomic E-state index is -0.151. The van der Waals surface area contributed by atoms with Crippen LogP contribution in [0.1, 0.15) is 21.6 Å². The molecule has 0 bridgehead atoms. The van der Waals surface area contributed by atoms with Crippen LogP contribution in [0, 0.1) is 6.92 Å². The highest BCUT2D eigenvalue weighted by atomic mass is 79.9. The van der Waals surface area contributed by atoms with Crippen LogP contribution in [0.5, 0.6) is 0 Å². The molecule has 2 aromatic rings. The van der Waals surface area contributed by atoms with Gasteiger partial charge in [-0.15, -0.1) is 0 Å². The van der Waals surface area contributed by atoms with E-state index < -0.39 is 0 Å². The second-order valence-electron chi connectivity index (χ2n) is 4.08. The molecule has 1 amide bonds. The zero-order valence-electron chi connectivity index (χ0n) is 10.3. The summed E-state index contributed by atoms with van der Waals surface area (Å²) in [7, 11) is 0. The van der Waals surface area contributed by atoms with Gasteiger partial charge in [-0.3, -0.25) is 9.78 Å². The van der Waals surface area contributed by atoms with Gasteiger partial charge in [0.1, 0.15) is 0 Å². The van der Waals surface area contributed by atoms with Crippen LogP contribution in [0.4, 0.5) is 0 Å². The summed E-state index contributed by atoms with van der Waals surface area (Å²) in [5.41, 5.74) is 2.48. The van der Waals surface area contributed by atoms with E-state index in [1.54, 1.807) is 24.4 Å². The largest absolute Gasteiger partial charge is 0.346 e. The number of benzene rings is 1. The molecule has 0 aliphatic heterocycles. The fourth-order valence-corrected chi connectivity index (χ4v) is 2.10. The van der Waals surface area contributed by atoms with Crippen molar-refractivity contribution in [3.63, 3.8) is 0 Å². The van der Waals surface area contributed by atoms with Crippen molar-refractivity contribution in [3.05, 3.63) is 62.8 Å². The molecule has 98 valence electrons. The monoisotopic (exact) mass is 338 g/mol. The number of aromatic nitrogens is 1. The van der Waals surface area contributed by atoms with Gasteiger partial charge in [0.2, 0.25) is 0 Å². The van der Waals surface area contributed by atoms with Crippen molar-refractivity contribution in [1.29, 1.82) is 0 Å². The fraction of sp³-hybridized carbons (Fsp3) is 0.143. The third-order valence-corrected chi connectivity index (χ3v) is 3.93. The number of rotatable bonds is 3. The summed E-state index contributed by atoms with van der Waals surface area (Å²) in [4.78, 5) is 16.2. The Morgan fingerprint density at radius 1 is 1.42 bits per heavy atom. The Labute approximate surface area is 125 Å². The van der Waals surface area contributed by atoms with Crippen LogP contribution in [0.3, 0.4) is 0 Å². The van der Waals surface area contributed by atoms with Gasteiger partial charge in [0.25, 0.3) is 5.91 Å². The van der Waals surface area contributed by atoms with Crippen LogP contribution in [-0.4, -0.2) is 10.9 Å². The van der Waals surface area contributed by atoms with Crippen molar-refractivity contribution in [1.82, 2.24) is 10.3 Å². The minimum Gasteiger partial charge on any atom is -0.346 e. The molecule has 0 aliphatic carbocycles. The number of aryl methyl sites for hydroxylation is 1. The standard InChI is InChI=1S/C14H12BrClN2O/c1-9-3-2-6-17-13(9)8-18-14(19)10-4-5-12(16)11(15)7-10/h2-7H,8H2,1H3,(H,18,19). The van der Waals surface area contributed by atoms with E-state index in [1.807, 2.05) is 19.1 Å². The van der Waals surface area contributed by atoms with Crippen molar-refractivity contribution in [2.24, 2.45) is 0 Å². The molecular weight excluding hydrogens is 328 g/mol. The lowest BCUT2D eigenvalue weighted by Gasteiger charge is -2.07. The van der Waals surface area contributed by atoms with Crippen LogP contribution in [0.25, 0.3) is 0 Å². The number of halogens is 2. The predicted molar refractivity (Wildman–Crippen MR) is 79.3 cm³/mol. The molecule has 1 heterocycles. The van der Waals surface area contributed by atoms with E-state index >= 15 is 0 Å². The maximum absolute atomic E-state index is 12.0. The van der Waals surface area contributed by atoms with Gasteiger partial charge >= 0.3 is 0 Å². The molecule has 1 N–H and O–H groups in total. The summed E-state index contributed by atoms with van der Waals surface area (Å²) in [5.74, 6) is -0.151. The van der Waals surface area contributed by atoms with Gasteiger partial charge < -0.3 is 5.32 Å². The lowest BCUT2D eigenvalue weighted by atomic mass is 10.2. The summed E-state index contributed by atoms with van der Waals surface area (Å²) in [5, 5.41) is 3.42. The van der Waals surface area contributed by atoms with Gasteiger partial charge in [0.05, 0.1) is 17.3 Å². The molecule has 5 heteroatoms. The zero-order valence-corrected chi connectivity index (χ0v) is 12.6. The molecule has 0 atom stereocenters. The maximum atomic E-state index is 12.0.